The summed E-state index contributed by atoms with van der Waals surface area (Å²) < 4.78 is 3.97. The summed E-state index contributed by atoms with van der Waals surface area (Å²) in [5.41, 5.74) is 6.41. The van der Waals surface area contributed by atoms with Gasteiger partial charge in [0.2, 0.25) is 0 Å². The highest BCUT2D eigenvalue weighted by Crippen LogP contribution is 2.28. The molecule has 8 heteroatoms. The van der Waals surface area contributed by atoms with Crippen molar-refractivity contribution in [2.45, 2.75) is 25.8 Å². The van der Waals surface area contributed by atoms with Crippen LogP contribution in [-0.2, 0) is 7.05 Å². The van der Waals surface area contributed by atoms with Crippen molar-refractivity contribution in [1.29, 1.82) is 0 Å². The van der Waals surface area contributed by atoms with E-state index in [4.69, 9.17) is 0 Å². The van der Waals surface area contributed by atoms with E-state index in [0.717, 1.165) is 59.4 Å². The van der Waals surface area contributed by atoms with E-state index in [-0.39, 0.29) is 12.4 Å². The van der Waals surface area contributed by atoms with E-state index >= 15 is 0 Å². The number of hydrogen-bond donors (Lipinski definition) is 1. The van der Waals surface area contributed by atoms with Gasteiger partial charge in [-0.25, -0.2) is 9.97 Å². The molecular weight excluding hydrogens is 410 g/mol. The summed E-state index contributed by atoms with van der Waals surface area (Å²) in [4.78, 5) is 9.26. The molecule has 5 rings (SSSR count). The molecule has 31 heavy (non-hydrogen) atoms. The highest BCUT2D eigenvalue weighted by Gasteiger charge is 2.16. The average molecular weight is 436 g/mol. The van der Waals surface area contributed by atoms with Crippen LogP contribution in [0.15, 0.2) is 55.2 Å². The van der Waals surface area contributed by atoms with Crippen LogP contribution in [-0.4, -0.2) is 42.6 Å². The first-order valence-corrected chi connectivity index (χ1v) is 10.4. The fraction of sp³-hybridized carbons (Fsp3) is 0.304. The summed E-state index contributed by atoms with van der Waals surface area (Å²) in [6.45, 7) is 4.18. The zero-order valence-corrected chi connectivity index (χ0v) is 18.5. The average Bonchev–Trinajstić information content (AvgIpc) is 3.42. The second kappa shape index (κ2) is 8.99. The lowest BCUT2D eigenvalue weighted by molar-refractivity contribution is 0.343. The Labute approximate surface area is 188 Å². The predicted octanol–water partition coefficient (Wildman–Crippen LogP) is 4.06. The van der Waals surface area contributed by atoms with Crippen molar-refractivity contribution in [2.75, 3.05) is 13.1 Å². The molecule has 3 aromatic heterocycles. The van der Waals surface area contributed by atoms with Crippen LogP contribution in [0, 0.1) is 6.92 Å². The summed E-state index contributed by atoms with van der Waals surface area (Å²) in [6.07, 6.45) is 11.9. The number of halogens is 1. The van der Waals surface area contributed by atoms with E-state index in [9.17, 15) is 0 Å². The molecule has 1 N–H and O–H groups in total. The number of benzene rings is 1. The summed E-state index contributed by atoms with van der Waals surface area (Å²) in [6, 6.07) is 8.76. The van der Waals surface area contributed by atoms with Gasteiger partial charge in [-0.1, -0.05) is 18.2 Å². The van der Waals surface area contributed by atoms with E-state index in [1.807, 2.05) is 48.6 Å². The van der Waals surface area contributed by atoms with E-state index in [2.05, 4.69) is 55.4 Å². The highest BCUT2D eigenvalue weighted by molar-refractivity contribution is 5.85. The maximum atomic E-state index is 4.63. The van der Waals surface area contributed by atoms with Crippen molar-refractivity contribution < 1.29 is 0 Å². The third-order valence-corrected chi connectivity index (χ3v) is 5.94. The molecule has 4 heterocycles. The summed E-state index contributed by atoms with van der Waals surface area (Å²) in [5, 5.41) is 12.3. The van der Waals surface area contributed by atoms with Gasteiger partial charge in [0.05, 0.1) is 18.4 Å². The third-order valence-electron chi connectivity index (χ3n) is 5.94. The number of rotatable bonds is 4. The van der Waals surface area contributed by atoms with Crippen molar-refractivity contribution in [3.8, 4) is 33.6 Å². The SMILES string of the molecule is Cc1c(-c2cccc(-c3ncc(-c4cnn(C5CCNCC5)c4)cn3)c2)cnn1C.Cl. The summed E-state index contributed by atoms with van der Waals surface area (Å²) in [7, 11) is 1.96. The van der Waals surface area contributed by atoms with Crippen molar-refractivity contribution in [1.82, 2.24) is 34.8 Å². The van der Waals surface area contributed by atoms with Gasteiger partial charge in [0.25, 0.3) is 0 Å². The van der Waals surface area contributed by atoms with Crippen LogP contribution in [0.25, 0.3) is 33.6 Å². The zero-order valence-electron chi connectivity index (χ0n) is 17.7. The number of nitrogens with one attached hydrogen (secondary N) is 1. The minimum Gasteiger partial charge on any atom is -0.317 e. The fourth-order valence-electron chi connectivity index (χ4n) is 3.99. The maximum absolute atomic E-state index is 4.63. The molecule has 1 aromatic carbocycles. The van der Waals surface area contributed by atoms with Gasteiger partial charge < -0.3 is 5.32 Å². The lowest BCUT2D eigenvalue weighted by atomic mass is 10.0. The summed E-state index contributed by atoms with van der Waals surface area (Å²) in [5.74, 6) is 0.716. The number of piperidine rings is 1. The first-order valence-electron chi connectivity index (χ1n) is 10.4. The minimum absolute atomic E-state index is 0. The minimum atomic E-state index is 0. The van der Waals surface area contributed by atoms with Gasteiger partial charge in [-0.05, 0) is 44.5 Å². The molecule has 4 aromatic rings. The Morgan fingerprint density at radius 2 is 1.65 bits per heavy atom. The van der Waals surface area contributed by atoms with Crippen LogP contribution >= 0.6 is 12.4 Å². The van der Waals surface area contributed by atoms with Crippen molar-refractivity contribution in [3.05, 3.63) is 60.9 Å². The van der Waals surface area contributed by atoms with Crippen molar-refractivity contribution in [3.63, 3.8) is 0 Å². The topological polar surface area (TPSA) is 73.5 Å². The molecule has 0 radical (unpaired) electrons. The smallest absolute Gasteiger partial charge is 0.159 e. The normalized spacial score (nSPS) is 14.4. The predicted molar refractivity (Wildman–Crippen MR) is 124 cm³/mol. The van der Waals surface area contributed by atoms with Crippen LogP contribution in [0.4, 0.5) is 0 Å². The standard InChI is InChI=1S/C23H25N7.ClH/c1-16-22(14-27-29(16)2)17-4-3-5-18(10-17)23-25-11-19(12-26-23)20-13-28-30(15-20)21-6-8-24-9-7-21;/h3-5,10-15,21,24H,6-9H2,1-2H3;1H. The van der Waals surface area contributed by atoms with Crippen LogP contribution in [0.1, 0.15) is 24.6 Å². The lowest BCUT2D eigenvalue weighted by Gasteiger charge is -2.22. The van der Waals surface area contributed by atoms with Crippen LogP contribution in [0.2, 0.25) is 0 Å². The molecule has 160 valence electrons. The van der Waals surface area contributed by atoms with Crippen LogP contribution in [0.5, 0.6) is 0 Å². The van der Waals surface area contributed by atoms with Crippen molar-refractivity contribution in [2.24, 2.45) is 7.05 Å². The van der Waals surface area contributed by atoms with E-state index < -0.39 is 0 Å². The molecule has 1 fully saturated rings. The summed E-state index contributed by atoms with van der Waals surface area (Å²) >= 11 is 0. The van der Waals surface area contributed by atoms with Gasteiger partial charge in [0.1, 0.15) is 0 Å². The molecule has 0 aliphatic carbocycles. The van der Waals surface area contributed by atoms with Crippen LogP contribution in [0.3, 0.4) is 0 Å². The molecule has 7 nitrogen and oxygen atoms in total. The quantitative estimate of drug-likeness (QED) is 0.523. The number of aryl methyl sites for hydroxylation is 1. The molecule has 1 aliphatic heterocycles. The zero-order chi connectivity index (χ0) is 20.5. The largest absolute Gasteiger partial charge is 0.317 e. The Balaban J connectivity index is 0.00000231. The van der Waals surface area contributed by atoms with Gasteiger partial charge in [0, 0.05) is 53.6 Å². The molecule has 0 bridgehead atoms. The number of aromatic nitrogens is 6. The second-order valence-electron chi connectivity index (χ2n) is 7.83. The molecule has 1 saturated heterocycles. The van der Waals surface area contributed by atoms with Gasteiger partial charge in [-0.2, -0.15) is 10.2 Å². The Hall–Kier alpha value is -3.03. The van der Waals surface area contributed by atoms with Gasteiger partial charge >= 0.3 is 0 Å². The van der Waals surface area contributed by atoms with E-state index in [1.165, 1.54) is 0 Å². The first kappa shape index (κ1) is 21.2. The molecular formula is C23H26ClN7. The molecule has 0 unspecified atom stereocenters. The van der Waals surface area contributed by atoms with E-state index in [0.29, 0.717) is 11.9 Å². The number of nitrogens with zero attached hydrogens (tertiary/aromatic N) is 6. The molecule has 0 saturated carbocycles. The highest BCUT2D eigenvalue weighted by atomic mass is 35.5. The number of hydrogen-bond acceptors (Lipinski definition) is 5. The molecule has 1 aliphatic rings. The van der Waals surface area contributed by atoms with Gasteiger partial charge in [-0.3, -0.25) is 9.36 Å². The molecule has 0 spiro atoms. The van der Waals surface area contributed by atoms with Crippen LogP contribution < -0.4 is 5.32 Å². The van der Waals surface area contributed by atoms with Crippen molar-refractivity contribution >= 4 is 12.4 Å². The Morgan fingerprint density at radius 3 is 2.35 bits per heavy atom. The third kappa shape index (κ3) is 4.24. The molecule has 0 atom stereocenters. The van der Waals surface area contributed by atoms with Gasteiger partial charge in [-0.15, -0.1) is 12.4 Å². The Morgan fingerprint density at radius 1 is 0.903 bits per heavy atom. The second-order valence-corrected chi connectivity index (χ2v) is 7.83. The Kier molecular flexibility index (Phi) is 6.15. The first-order chi connectivity index (χ1) is 14.7. The van der Waals surface area contributed by atoms with E-state index in [1.54, 1.807) is 0 Å². The maximum Gasteiger partial charge on any atom is 0.159 e. The lowest BCUT2D eigenvalue weighted by Crippen LogP contribution is -2.29. The fourth-order valence-corrected chi connectivity index (χ4v) is 3.99. The Bertz CT molecular complexity index is 1160. The monoisotopic (exact) mass is 435 g/mol. The molecule has 0 amide bonds. The van der Waals surface area contributed by atoms with Gasteiger partial charge in [0.15, 0.2) is 5.82 Å².